The van der Waals surface area contributed by atoms with E-state index in [9.17, 15) is 5.11 Å². The van der Waals surface area contributed by atoms with Crippen LogP contribution in [0.15, 0.2) is 18.2 Å². The largest absolute Gasteiger partial charge is 0.508 e. The molecule has 2 aromatic heterocycles. The molecule has 0 unspecified atom stereocenters. The van der Waals surface area contributed by atoms with E-state index >= 15 is 0 Å². The van der Waals surface area contributed by atoms with Crippen LogP contribution in [0.4, 0.5) is 5.82 Å². The number of nitrogens with one attached hydrogen (secondary N) is 1. The molecule has 0 spiro atoms. The molecule has 0 aliphatic carbocycles. The number of hydrogen-bond donors (Lipinski definition) is 4. The summed E-state index contributed by atoms with van der Waals surface area (Å²) >= 11 is 0. The molecule has 0 atom stereocenters. The Morgan fingerprint density at radius 1 is 1.26 bits per heavy atom. The molecule has 2 heterocycles. The van der Waals surface area contributed by atoms with Crippen molar-refractivity contribution in [2.45, 2.75) is 12.8 Å². The van der Waals surface area contributed by atoms with Crippen molar-refractivity contribution in [1.29, 1.82) is 0 Å². The van der Waals surface area contributed by atoms with Crippen molar-refractivity contribution in [2.75, 3.05) is 12.3 Å². The molecule has 6 heteroatoms. The lowest BCUT2D eigenvalue weighted by Crippen LogP contribution is -1.93. The van der Waals surface area contributed by atoms with Gasteiger partial charge in [-0.1, -0.05) is 0 Å². The number of imidazole rings is 1. The maximum absolute atomic E-state index is 9.48. The zero-order valence-electron chi connectivity index (χ0n) is 10.2. The highest BCUT2D eigenvalue weighted by Crippen LogP contribution is 2.28. The zero-order chi connectivity index (χ0) is 13.4. The van der Waals surface area contributed by atoms with Crippen LogP contribution in [0.25, 0.3) is 21.9 Å². The number of aliphatic hydroxyl groups excluding tert-OH is 1. The maximum Gasteiger partial charge on any atom is 0.150 e. The predicted molar refractivity (Wildman–Crippen MR) is 72.9 cm³/mol. The smallest absolute Gasteiger partial charge is 0.150 e. The minimum atomic E-state index is 0.124. The van der Waals surface area contributed by atoms with E-state index in [1.807, 2.05) is 0 Å². The van der Waals surface area contributed by atoms with Gasteiger partial charge in [0.05, 0.1) is 5.52 Å². The van der Waals surface area contributed by atoms with Gasteiger partial charge in [-0.3, -0.25) is 0 Å². The highest BCUT2D eigenvalue weighted by Gasteiger charge is 2.11. The van der Waals surface area contributed by atoms with E-state index in [-0.39, 0.29) is 12.4 Å². The molecule has 0 bridgehead atoms. The first-order chi connectivity index (χ1) is 9.19. The normalized spacial score (nSPS) is 11.4. The van der Waals surface area contributed by atoms with E-state index in [0.717, 1.165) is 16.7 Å². The Kier molecular flexibility index (Phi) is 2.72. The number of aromatic hydroxyl groups is 1. The van der Waals surface area contributed by atoms with Crippen LogP contribution in [-0.4, -0.2) is 31.8 Å². The number of H-pyrrole nitrogens is 1. The fourth-order valence-electron chi connectivity index (χ4n) is 2.17. The number of benzene rings is 1. The summed E-state index contributed by atoms with van der Waals surface area (Å²) in [6, 6.07) is 4.94. The molecule has 3 aromatic rings. The number of aliphatic hydroxyl groups is 1. The average Bonchev–Trinajstić information content (AvgIpc) is 2.81. The lowest BCUT2D eigenvalue weighted by atomic mass is 10.2. The van der Waals surface area contributed by atoms with Crippen molar-refractivity contribution in [1.82, 2.24) is 15.0 Å². The van der Waals surface area contributed by atoms with E-state index < -0.39 is 0 Å². The average molecular weight is 258 g/mol. The maximum atomic E-state index is 9.48. The van der Waals surface area contributed by atoms with Gasteiger partial charge in [0.1, 0.15) is 28.4 Å². The molecule has 0 aliphatic heterocycles. The summed E-state index contributed by atoms with van der Waals surface area (Å²) < 4.78 is 0. The van der Waals surface area contributed by atoms with Crippen molar-refractivity contribution in [2.24, 2.45) is 0 Å². The van der Waals surface area contributed by atoms with Crippen molar-refractivity contribution >= 4 is 27.8 Å². The summed E-state index contributed by atoms with van der Waals surface area (Å²) in [5, 5.41) is 19.2. The summed E-state index contributed by atoms with van der Waals surface area (Å²) in [5.41, 5.74) is 7.96. The second kappa shape index (κ2) is 4.40. The van der Waals surface area contributed by atoms with Crippen molar-refractivity contribution in [3.8, 4) is 5.75 Å². The molecule has 19 heavy (non-hydrogen) atoms. The third kappa shape index (κ3) is 1.96. The summed E-state index contributed by atoms with van der Waals surface area (Å²) in [6.07, 6.45) is 1.30. The molecule has 1 aromatic carbocycles. The molecule has 0 saturated carbocycles. The monoisotopic (exact) mass is 258 g/mol. The number of nitrogen functional groups attached to an aromatic ring is 1. The second-order valence-electron chi connectivity index (χ2n) is 4.43. The van der Waals surface area contributed by atoms with Gasteiger partial charge < -0.3 is 20.9 Å². The Morgan fingerprint density at radius 2 is 2.11 bits per heavy atom. The van der Waals surface area contributed by atoms with Crippen molar-refractivity contribution in [3.05, 3.63) is 24.0 Å². The molecule has 6 nitrogen and oxygen atoms in total. The Morgan fingerprint density at radius 3 is 2.89 bits per heavy atom. The van der Waals surface area contributed by atoms with Crippen LogP contribution in [0.1, 0.15) is 12.2 Å². The van der Waals surface area contributed by atoms with E-state index in [1.165, 1.54) is 0 Å². The number of phenolic OH excluding ortho intramolecular Hbond substituents is 1. The van der Waals surface area contributed by atoms with Crippen LogP contribution in [0.2, 0.25) is 0 Å². The number of nitrogens with two attached hydrogens (primary N) is 1. The molecular formula is C13H14N4O2. The van der Waals surface area contributed by atoms with Crippen LogP contribution >= 0.6 is 0 Å². The number of aromatic nitrogens is 3. The van der Waals surface area contributed by atoms with Gasteiger partial charge in [-0.05, 0) is 18.6 Å². The number of fused-ring (bicyclic) bond motifs is 3. The number of aryl methyl sites for hydroxylation is 1. The summed E-state index contributed by atoms with van der Waals surface area (Å²) in [6.45, 7) is 0.124. The van der Waals surface area contributed by atoms with Gasteiger partial charge in [-0.15, -0.1) is 0 Å². The highest BCUT2D eigenvalue weighted by atomic mass is 16.3. The number of anilines is 1. The first kappa shape index (κ1) is 11.7. The minimum absolute atomic E-state index is 0.124. The number of rotatable bonds is 3. The topological polar surface area (TPSA) is 108 Å². The third-order valence-electron chi connectivity index (χ3n) is 3.06. The van der Waals surface area contributed by atoms with Gasteiger partial charge in [-0.25, -0.2) is 9.97 Å². The van der Waals surface area contributed by atoms with Gasteiger partial charge in [0.2, 0.25) is 0 Å². The quantitative estimate of drug-likeness (QED) is 0.566. The fraction of sp³-hybridized carbons (Fsp3) is 0.231. The summed E-state index contributed by atoms with van der Waals surface area (Å²) in [7, 11) is 0. The number of aromatic amines is 1. The number of nitrogens with zero attached hydrogens (tertiary/aromatic N) is 2. The van der Waals surface area contributed by atoms with Crippen molar-refractivity contribution in [3.63, 3.8) is 0 Å². The van der Waals surface area contributed by atoms with Gasteiger partial charge in [0.15, 0.2) is 0 Å². The van der Waals surface area contributed by atoms with Crippen LogP contribution in [-0.2, 0) is 6.42 Å². The van der Waals surface area contributed by atoms with E-state index in [4.69, 9.17) is 10.8 Å². The Labute approximate surface area is 108 Å². The lowest BCUT2D eigenvalue weighted by Gasteiger charge is -2.01. The number of pyridine rings is 1. The fourth-order valence-corrected chi connectivity index (χ4v) is 2.17. The van der Waals surface area contributed by atoms with Gasteiger partial charge in [-0.2, -0.15) is 0 Å². The number of hydrogen-bond acceptors (Lipinski definition) is 5. The summed E-state index contributed by atoms with van der Waals surface area (Å²) in [5.74, 6) is 1.28. The standard InChI is InChI=1S/C13H14N4O2/c14-13-12-11(16-10(17-12)2-1-5-18)8-4-3-7(19)6-9(8)15-13/h3-4,6,18-19H,1-2,5H2,(H2,14,15)(H,16,17). The summed E-state index contributed by atoms with van der Waals surface area (Å²) in [4.78, 5) is 11.9. The van der Waals surface area contributed by atoms with Crippen molar-refractivity contribution < 1.29 is 10.2 Å². The van der Waals surface area contributed by atoms with E-state index in [2.05, 4.69) is 15.0 Å². The molecule has 98 valence electrons. The molecular weight excluding hydrogens is 244 g/mol. The highest BCUT2D eigenvalue weighted by molar-refractivity contribution is 6.06. The molecule has 0 aliphatic rings. The molecule has 0 saturated heterocycles. The Balaban J connectivity index is 2.24. The number of phenols is 1. The van der Waals surface area contributed by atoms with E-state index in [1.54, 1.807) is 18.2 Å². The molecule has 0 fully saturated rings. The first-order valence-corrected chi connectivity index (χ1v) is 6.06. The van der Waals surface area contributed by atoms with E-state index in [0.29, 0.717) is 29.7 Å². The Bertz CT molecular complexity index is 751. The van der Waals surface area contributed by atoms with Gasteiger partial charge >= 0.3 is 0 Å². The molecule has 0 radical (unpaired) electrons. The predicted octanol–water partition coefficient (Wildman–Crippen LogP) is 1.32. The van der Waals surface area contributed by atoms with Crippen LogP contribution in [0.3, 0.4) is 0 Å². The third-order valence-corrected chi connectivity index (χ3v) is 3.06. The molecule has 0 amide bonds. The van der Waals surface area contributed by atoms with Crippen LogP contribution < -0.4 is 5.73 Å². The second-order valence-corrected chi connectivity index (χ2v) is 4.43. The lowest BCUT2D eigenvalue weighted by molar-refractivity contribution is 0.287. The molecule has 3 rings (SSSR count). The van der Waals surface area contributed by atoms with Gasteiger partial charge in [0.25, 0.3) is 0 Å². The van der Waals surface area contributed by atoms with Crippen LogP contribution in [0, 0.1) is 0 Å². The van der Waals surface area contributed by atoms with Gasteiger partial charge in [0, 0.05) is 24.5 Å². The minimum Gasteiger partial charge on any atom is -0.508 e. The zero-order valence-corrected chi connectivity index (χ0v) is 10.2. The Hall–Kier alpha value is -2.34. The molecule has 5 N–H and O–H groups in total. The SMILES string of the molecule is Nc1nc2cc(O)ccc2c2nc(CCCO)[nH]c12. The van der Waals surface area contributed by atoms with Crippen LogP contribution in [0.5, 0.6) is 5.75 Å². The first-order valence-electron chi connectivity index (χ1n) is 6.06.